The number of rotatable bonds is 10. The van der Waals surface area contributed by atoms with Crippen LogP contribution < -0.4 is 9.46 Å². The Morgan fingerprint density at radius 1 is 1.06 bits per heavy atom. The summed E-state index contributed by atoms with van der Waals surface area (Å²) in [5, 5.41) is 0. The molecular weight excluding hydrogens is 456 g/mol. The van der Waals surface area contributed by atoms with Crippen LogP contribution in [-0.4, -0.2) is 51.7 Å². The second kappa shape index (κ2) is 12.4. The Morgan fingerprint density at radius 2 is 1.76 bits per heavy atom. The predicted molar refractivity (Wildman–Crippen MR) is 134 cm³/mol. The van der Waals surface area contributed by atoms with Gasteiger partial charge in [0, 0.05) is 24.5 Å². The molecule has 0 atom stereocenters. The van der Waals surface area contributed by atoms with Crippen molar-refractivity contribution in [3.8, 4) is 5.75 Å². The van der Waals surface area contributed by atoms with Crippen LogP contribution in [-0.2, 0) is 16.4 Å². The van der Waals surface area contributed by atoms with Crippen molar-refractivity contribution in [3.63, 3.8) is 0 Å². The lowest BCUT2D eigenvalue weighted by atomic mass is 10.1. The standard InChI is InChI=1S/C25H34N2O4S2/c1-3-8-20-9-11-21(12-10-20)31-18-15-26-33(29,30)22-13-14-24(32-2)23(19-22)25(28)27-16-6-4-5-7-17-27/h9-14,19,26H,3-8,15-18H2,1-2H3. The van der Waals surface area contributed by atoms with Crippen LogP contribution in [0.3, 0.4) is 0 Å². The van der Waals surface area contributed by atoms with Crippen LogP contribution in [0, 0.1) is 0 Å². The molecule has 33 heavy (non-hydrogen) atoms. The van der Waals surface area contributed by atoms with Crippen molar-refractivity contribution in [2.45, 2.75) is 55.2 Å². The fourth-order valence-corrected chi connectivity index (χ4v) is 5.54. The fourth-order valence-electron chi connectivity index (χ4n) is 3.93. The number of hydrogen-bond acceptors (Lipinski definition) is 5. The summed E-state index contributed by atoms with van der Waals surface area (Å²) in [7, 11) is -3.76. The zero-order valence-electron chi connectivity index (χ0n) is 19.5. The van der Waals surface area contributed by atoms with E-state index in [0.717, 1.165) is 56.5 Å². The zero-order valence-corrected chi connectivity index (χ0v) is 21.1. The van der Waals surface area contributed by atoms with Crippen molar-refractivity contribution in [1.82, 2.24) is 9.62 Å². The molecule has 3 rings (SSSR count). The van der Waals surface area contributed by atoms with E-state index < -0.39 is 10.0 Å². The highest BCUT2D eigenvalue weighted by Gasteiger charge is 2.23. The average molecular weight is 491 g/mol. The number of amides is 1. The van der Waals surface area contributed by atoms with E-state index in [4.69, 9.17) is 4.74 Å². The molecule has 0 bridgehead atoms. The third kappa shape index (κ3) is 7.22. The lowest BCUT2D eigenvalue weighted by molar-refractivity contribution is 0.0758. The summed E-state index contributed by atoms with van der Waals surface area (Å²) >= 11 is 1.45. The molecule has 2 aromatic rings. The highest BCUT2D eigenvalue weighted by Crippen LogP contribution is 2.26. The van der Waals surface area contributed by atoms with Gasteiger partial charge in [-0.3, -0.25) is 4.79 Å². The minimum atomic E-state index is -3.76. The van der Waals surface area contributed by atoms with Crippen molar-refractivity contribution < 1.29 is 17.9 Å². The Kier molecular flexibility index (Phi) is 9.64. The number of ether oxygens (including phenoxy) is 1. The summed E-state index contributed by atoms with van der Waals surface area (Å²) in [6, 6.07) is 12.6. The van der Waals surface area contributed by atoms with Gasteiger partial charge in [0.25, 0.3) is 5.91 Å². The number of sulfonamides is 1. The predicted octanol–water partition coefficient (Wildman–Crippen LogP) is 4.73. The van der Waals surface area contributed by atoms with E-state index in [1.165, 1.54) is 23.4 Å². The average Bonchev–Trinajstić information content (AvgIpc) is 3.12. The lowest BCUT2D eigenvalue weighted by Crippen LogP contribution is -2.33. The van der Waals surface area contributed by atoms with Gasteiger partial charge in [0.05, 0.1) is 10.5 Å². The number of nitrogens with one attached hydrogen (secondary N) is 1. The molecule has 6 nitrogen and oxygen atoms in total. The van der Waals surface area contributed by atoms with Crippen LogP contribution in [0.2, 0.25) is 0 Å². The summed E-state index contributed by atoms with van der Waals surface area (Å²) in [4.78, 5) is 15.9. The minimum absolute atomic E-state index is 0.0897. The summed E-state index contributed by atoms with van der Waals surface area (Å²) in [5.41, 5.74) is 1.71. The van der Waals surface area contributed by atoms with E-state index in [9.17, 15) is 13.2 Å². The first-order valence-electron chi connectivity index (χ1n) is 11.6. The number of likely N-dealkylation sites (tertiary alicyclic amines) is 1. The van der Waals surface area contributed by atoms with E-state index in [1.807, 2.05) is 35.4 Å². The first kappa shape index (κ1) is 25.6. The normalized spacial score (nSPS) is 14.7. The maximum Gasteiger partial charge on any atom is 0.255 e. The molecule has 180 valence electrons. The smallest absolute Gasteiger partial charge is 0.255 e. The molecule has 0 radical (unpaired) electrons. The van der Waals surface area contributed by atoms with Gasteiger partial charge in [-0.25, -0.2) is 13.1 Å². The molecule has 2 aromatic carbocycles. The maximum atomic E-state index is 13.2. The molecule has 0 spiro atoms. The number of benzene rings is 2. The third-order valence-electron chi connectivity index (χ3n) is 5.73. The van der Waals surface area contributed by atoms with Crippen LogP contribution >= 0.6 is 11.8 Å². The van der Waals surface area contributed by atoms with Gasteiger partial charge < -0.3 is 9.64 Å². The van der Waals surface area contributed by atoms with E-state index in [2.05, 4.69) is 11.6 Å². The number of aryl methyl sites for hydroxylation is 1. The molecule has 1 fully saturated rings. The summed E-state index contributed by atoms with van der Waals surface area (Å²) < 4.78 is 34.0. The summed E-state index contributed by atoms with van der Waals surface area (Å²) in [6.07, 6.45) is 8.24. The van der Waals surface area contributed by atoms with E-state index in [0.29, 0.717) is 11.3 Å². The topological polar surface area (TPSA) is 75.7 Å². The van der Waals surface area contributed by atoms with Crippen molar-refractivity contribution in [1.29, 1.82) is 0 Å². The molecule has 0 unspecified atom stereocenters. The first-order chi connectivity index (χ1) is 15.9. The number of carbonyl (C=O) groups is 1. The third-order valence-corrected chi connectivity index (χ3v) is 7.98. The van der Waals surface area contributed by atoms with Gasteiger partial charge in [0.1, 0.15) is 12.4 Å². The van der Waals surface area contributed by atoms with Gasteiger partial charge in [0.15, 0.2) is 0 Å². The van der Waals surface area contributed by atoms with E-state index in [-0.39, 0.29) is 24.0 Å². The zero-order chi connectivity index (χ0) is 23.7. The van der Waals surface area contributed by atoms with Crippen molar-refractivity contribution in [2.24, 2.45) is 0 Å². The monoisotopic (exact) mass is 490 g/mol. The molecule has 1 saturated heterocycles. The summed E-state index contributed by atoms with van der Waals surface area (Å²) in [6.45, 7) is 3.93. The highest BCUT2D eigenvalue weighted by molar-refractivity contribution is 7.98. The summed E-state index contributed by atoms with van der Waals surface area (Å²) in [5.74, 6) is 0.622. The molecule has 1 amide bonds. The van der Waals surface area contributed by atoms with Gasteiger partial charge in [-0.15, -0.1) is 11.8 Å². The van der Waals surface area contributed by atoms with Crippen molar-refractivity contribution in [2.75, 3.05) is 32.5 Å². The van der Waals surface area contributed by atoms with Crippen LogP contribution in [0.4, 0.5) is 0 Å². The van der Waals surface area contributed by atoms with Gasteiger partial charge in [-0.2, -0.15) is 0 Å². The van der Waals surface area contributed by atoms with Gasteiger partial charge in [-0.1, -0.05) is 38.3 Å². The minimum Gasteiger partial charge on any atom is -0.492 e. The Morgan fingerprint density at radius 3 is 2.39 bits per heavy atom. The molecule has 0 saturated carbocycles. The molecule has 0 aromatic heterocycles. The molecule has 1 heterocycles. The number of thioether (sulfide) groups is 1. The number of hydrogen-bond donors (Lipinski definition) is 1. The molecule has 8 heteroatoms. The Labute approximate surface area is 202 Å². The quantitative estimate of drug-likeness (QED) is 0.385. The van der Waals surface area contributed by atoms with Gasteiger partial charge in [0.2, 0.25) is 10.0 Å². The SMILES string of the molecule is CCCc1ccc(OCCNS(=O)(=O)c2ccc(SC)c(C(=O)N3CCCCCC3)c2)cc1. The Bertz CT molecular complexity index is 1020. The molecule has 1 aliphatic heterocycles. The second-order valence-corrected chi connectivity index (χ2v) is 10.8. The van der Waals surface area contributed by atoms with Crippen LogP contribution in [0.15, 0.2) is 52.3 Å². The van der Waals surface area contributed by atoms with E-state index in [1.54, 1.807) is 12.1 Å². The van der Waals surface area contributed by atoms with Crippen LogP contribution in [0.5, 0.6) is 5.75 Å². The van der Waals surface area contributed by atoms with E-state index >= 15 is 0 Å². The van der Waals surface area contributed by atoms with Crippen LogP contribution in [0.25, 0.3) is 0 Å². The first-order valence-corrected chi connectivity index (χ1v) is 14.3. The molecular formula is C25H34N2O4S2. The second-order valence-electron chi connectivity index (χ2n) is 8.21. The fraction of sp³-hybridized carbons (Fsp3) is 0.480. The van der Waals surface area contributed by atoms with Gasteiger partial charge in [-0.05, 0) is 61.4 Å². The Hall–Kier alpha value is -2.03. The molecule has 0 aliphatic carbocycles. The number of nitrogens with zero attached hydrogens (tertiary/aromatic N) is 1. The van der Waals surface area contributed by atoms with Crippen molar-refractivity contribution in [3.05, 3.63) is 53.6 Å². The Balaban J connectivity index is 1.63. The molecule has 1 N–H and O–H groups in total. The maximum absolute atomic E-state index is 13.2. The highest BCUT2D eigenvalue weighted by atomic mass is 32.2. The van der Waals surface area contributed by atoms with Gasteiger partial charge >= 0.3 is 0 Å². The number of carbonyl (C=O) groups excluding carboxylic acids is 1. The van der Waals surface area contributed by atoms with Crippen LogP contribution in [0.1, 0.15) is 54.9 Å². The lowest BCUT2D eigenvalue weighted by Gasteiger charge is -2.22. The molecule has 1 aliphatic rings. The largest absolute Gasteiger partial charge is 0.492 e. The van der Waals surface area contributed by atoms with Crippen molar-refractivity contribution >= 4 is 27.7 Å².